The van der Waals surface area contributed by atoms with Gasteiger partial charge in [-0.2, -0.15) is 0 Å². The number of fused-ring (bicyclic) bond motifs is 2. The van der Waals surface area contributed by atoms with Crippen LogP contribution in [0.2, 0.25) is 0 Å². The number of benzene rings is 4. The van der Waals surface area contributed by atoms with Crippen LogP contribution in [0.1, 0.15) is 0 Å². The van der Waals surface area contributed by atoms with Crippen molar-refractivity contribution in [1.29, 1.82) is 0 Å². The normalized spacial score (nSPS) is 18.6. The van der Waals surface area contributed by atoms with Crippen molar-refractivity contribution in [3.8, 4) is 23.0 Å². The number of aromatic hydroxyl groups is 2. The fourth-order valence-electron chi connectivity index (χ4n) is 3.31. The molecule has 2 fully saturated rings. The quantitative estimate of drug-likeness (QED) is 0.432. The second-order valence-corrected chi connectivity index (χ2v) is 7.92. The summed E-state index contributed by atoms with van der Waals surface area (Å²) in [6, 6.07) is 22.2. The van der Waals surface area contributed by atoms with Crippen molar-refractivity contribution in [2.45, 2.75) is 12.2 Å². The van der Waals surface area contributed by atoms with E-state index >= 15 is 0 Å². The van der Waals surface area contributed by atoms with Gasteiger partial charge in [-0.25, -0.2) is 0 Å². The van der Waals surface area contributed by atoms with Crippen LogP contribution in [0.4, 0.5) is 0 Å². The minimum atomic E-state index is 0.244. The molecule has 2 aliphatic heterocycles. The Kier molecular flexibility index (Phi) is 5.71. The lowest BCUT2D eigenvalue weighted by Gasteiger charge is -2.08. The highest BCUT2D eigenvalue weighted by Crippen LogP contribution is 2.26. The number of epoxide rings is 2. The van der Waals surface area contributed by atoms with Crippen molar-refractivity contribution >= 4 is 21.5 Å². The van der Waals surface area contributed by atoms with E-state index in [2.05, 4.69) is 12.1 Å². The van der Waals surface area contributed by atoms with E-state index in [0.717, 1.165) is 46.3 Å². The average Bonchev–Trinajstić information content (AvgIpc) is 3.72. The number of phenols is 2. The highest BCUT2D eigenvalue weighted by molar-refractivity contribution is 5.85. The first-order chi connectivity index (χ1) is 15.6. The van der Waals surface area contributed by atoms with Gasteiger partial charge in [0, 0.05) is 0 Å². The van der Waals surface area contributed by atoms with Crippen LogP contribution in [0.3, 0.4) is 0 Å². The molecule has 0 aliphatic carbocycles. The molecule has 0 radical (unpaired) electrons. The molecule has 2 saturated heterocycles. The minimum Gasteiger partial charge on any atom is -0.508 e. The molecule has 0 amide bonds. The Morgan fingerprint density at radius 3 is 1.38 bits per heavy atom. The molecule has 4 aromatic rings. The Bertz CT molecular complexity index is 1130. The minimum absolute atomic E-state index is 0.244. The van der Waals surface area contributed by atoms with E-state index < -0.39 is 0 Å². The lowest BCUT2D eigenvalue weighted by atomic mass is 10.1. The van der Waals surface area contributed by atoms with Gasteiger partial charge in [-0.3, -0.25) is 0 Å². The summed E-state index contributed by atoms with van der Waals surface area (Å²) in [5.74, 6) is 2.25. The zero-order valence-electron chi connectivity index (χ0n) is 17.4. The van der Waals surface area contributed by atoms with Gasteiger partial charge in [0.1, 0.15) is 48.4 Å². The van der Waals surface area contributed by atoms with Gasteiger partial charge in [0.25, 0.3) is 0 Å². The van der Waals surface area contributed by atoms with Gasteiger partial charge >= 0.3 is 0 Å². The summed E-state index contributed by atoms with van der Waals surface area (Å²) in [7, 11) is 0. The Labute approximate surface area is 185 Å². The molecule has 0 saturated carbocycles. The predicted octanol–water partition coefficient (Wildman–Crippen LogP) is 4.65. The van der Waals surface area contributed by atoms with Gasteiger partial charge in [0.2, 0.25) is 0 Å². The van der Waals surface area contributed by atoms with E-state index in [1.807, 2.05) is 24.3 Å². The van der Waals surface area contributed by atoms with Crippen molar-refractivity contribution in [2.24, 2.45) is 0 Å². The fourth-order valence-corrected chi connectivity index (χ4v) is 3.31. The number of phenolic OH excluding ortho intramolecular Hbond substituents is 2. The topological polar surface area (TPSA) is 84.0 Å². The molecule has 2 aliphatic rings. The van der Waals surface area contributed by atoms with Gasteiger partial charge in [0.05, 0.1) is 13.2 Å². The van der Waals surface area contributed by atoms with Gasteiger partial charge < -0.3 is 29.2 Å². The Morgan fingerprint density at radius 2 is 0.969 bits per heavy atom. The Morgan fingerprint density at radius 1 is 0.594 bits per heavy atom. The fraction of sp³-hybridized carbons (Fsp3) is 0.231. The molecular formula is C26H24O6. The molecule has 2 unspecified atom stereocenters. The molecule has 6 rings (SSSR count). The van der Waals surface area contributed by atoms with Crippen LogP contribution in [0, 0.1) is 0 Å². The maximum atomic E-state index is 9.14. The summed E-state index contributed by atoms with van der Waals surface area (Å²) in [4.78, 5) is 0. The van der Waals surface area contributed by atoms with Crippen molar-refractivity contribution in [3.63, 3.8) is 0 Å². The Hall–Kier alpha value is -3.48. The van der Waals surface area contributed by atoms with Crippen LogP contribution >= 0.6 is 0 Å². The van der Waals surface area contributed by atoms with Crippen LogP contribution in [-0.4, -0.2) is 48.8 Å². The Balaban J connectivity index is 0.000000154. The van der Waals surface area contributed by atoms with Crippen LogP contribution in [-0.2, 0) is 9.47 Å². The summed E-state index contributed by atoms with van der Waals surface area (Å²) in [6.45, 7) is 2.90. The maximum absolute atomic E-state index is 9.14. The first-order valence-corrected chi connectivity index (χ1v) is 10.6. The number of rotatable bonds is 6. The third-order valence-corrected chi connectivity index (χ3v) is 5.27. The average molecular weight is 432 g/mol. The van der Waals surface area contributed by atoms with Crippen LogP contribution in [0.5, 0.6) is 23.0 Å². The lowest BCUT2D eigenvalue weighted by molar-refractivity contribution is 0.263. The number of hydrogen-bond donors (Lipinski definition) is 2. The monoisotopic (exact) mass is 432 g/mol. The van der Waals surface area contributed by atoms with Crippen molar-refractivity contribution in [3.05, 3.63) is 72.8 Å². The lowest BCUT2D eigenvalue weighted by Crippen LogP contribution is -2.04. The summed E-state index contributed by atoms with van der Waals surface area (Å²) in [6.07, 6.45) is 0.567. The van der Waals surface area contributed by atoms with Crippen LogP contribution in [0.25, 0.3) is 21.5 Å². The summed E-state index contributed by atoms with van der Waals surface area (Å²) in [5, 5.41) is 22.4. The van der Waals surface area contributed by atoms with Gasteiger partial charge in [0.15, 0.2) is 0 Å². The first kappa shape index (κ1) is 20.4. The maximum Gasteiger partial charge on any atom is 0.120 e. The second kappa shape index (κ2) is 8.94. The smallest absolute Gasteiger partial charge is 0.120 e. The highest BCUT2D eigenvalue weighted by atomic mass is 16.6. The molecule has 2 atom stereocenters. The van der Waals surface area contributed by atoms with E-state index in [1.54, 1.807) is 36.4 Å². The molecule has 164 valence electrons. The number of ether oxygens (including phenoxy) is 4. The first-order valence-electron chi connectivity index (χ1n) is 10.6. The standard InChI is InChI=1S/C16H16O4.C10H8O2/c1-3-13(17-7-15-9-19-15)6-12-2-4-14(5-11(1)12)18-8-16-10-20-16;11-9-3-1-7-5-10(12)4-2-8(7)6-9/h1-6,15-16H,7-10H2;1-6,11-12H. The molecular weight excluding hydrogens is 408 g/mol. The van der Waals surface area contributed by atoms with Crippen LogP contribution < -0.4 is 9.47 Å². The number of hydrogen-bond acceptors (Lipinski definition) is 6. The SMILES string of the molecule is Oc1ccc2cc(O)ccc2c1.c1cc2cc(OCC3CO3)ccc2cc1OCC1CO1. The van der Waals surface area contributed by atoms with E-state index in [0.29, 0.717) is 13.2 Å². The largest absolute Gasteiger partial charge is 0.508 e. The van der Waals surface area contributed by atoms with Crippen molar-refractivity contribution in [1.82, 2.24) is 0 Å². The molecule has 6 heteroatoms. The third-order valence-electron chi connectivity index (χ3n) is 5.27. The molecule has 0 bridgehead atoms. The van der Waals surface area contributed by atoms with Gasteiger partial charge in [-0.15, -0.1) is 0 Å². The third kappa shape index (κ3) is 5.41. The van der Waals surface area contributed by atoms with Gasteiger partial charge in [-0.05, 0) is 70.1 Å². The van der Waals surface area contributed by atoms with Crippen molar-refractivity contribution in [2.75, 3.05) is 26.4 Å². The predicted molar refractivity (Wildman–Crippen MR) is 122 cm³/mol. The summed E-state index contributed by atoms with van der Waals surface area (Å²) in [5.41, 5.74) is 0. The summed E-state index contributed by atoms with van der Waals surface area (Å²) < 4.78 is 21.6. The van der Waals surface area contributed by atoms with Crippen LogP contribution in [0.15, 0.2) is 72.8 Å². The highest BCUT2D eigenvalue weighted by Gasteiger charge is 2.23. The molecule has 0 spiro atoms. The van der Waals surface area contributed by atoms with Gasteiger partial charge in [-0.1, -0.05) is 24.3 Å². The zero-order valence-corrected chi connectivity index (χ0v) is 17.4. The molecule has 2 heterocycles. The van der Waals surface area contributed by atoms with E-state index in [4.69, 9.17) is 29.2 Å². The van der Waals surface area contributed by atoms with Crippen molar-refractivity contribution < 1.29 is 29.2 Å². The molecule has 4 aromatic carbocycles. The van der Waals surface area contributed by atoms with E-state index in [-0.39, 0.29) is 23.7 Å². The molecule has 32 heavy (non-hydrogen) atoms. The molecule has 6 nitrogen and oxygen atoms in total. The van der Waals surface area contributed by atoms with E-state index in [9.17, 15) is 0 Å². The molecule has 0 aromatic heterocycles. The molecule has 2 N–H and O–H groups in total. The second-order valence-electron chi connectivity index (χ2n) is 7.92. The summed E-state index contributed by atoms with van der Waals surface area (Å²) >= 11 is 0. The van der Waals surface area contributed by atoms with E-state index in [1.165, 1.54) is 0 Å². The zero-order chi connectivity index (χ0) is 21.9.